The second-order valence-corrected chi connectivity index (χ2v) is 4.60. The average molecular weight is 245 g/mol. The lowest BCUT2D eigenvalue weighted by Gasteiger charge is -2.09. The van der Waals surface area contributed by atoms with Crippen molar-refractivity contribution in [1.82, 2.24) is 9.88 Å². The number of rotatable bonds is 3. The average Bonchev–Trinajstić information content (AvgIpc) is 2.67. The number of benzene rings is 1. The normalized spacial score (nSPS) is 10.9. The third kappa shape index (κ3) is 2.47. The van der Waals surface area contributed by atoms with E-state index in [4.69, 9.17) is 0 Å². The van der Waals surface area contributed by atoms with Crippen LogP contribution in [-0.4, -0.2) is 16.6 Å². The van der Waals surface area contributed by atoms with Crippen LogP contribution in [-0.2, 0) is 6.54 Å². The number of hydrogen-bond donors (Lipinski definition) is 2. The Bertz CT molecular complexity index is 557. The molecule has 0 aliphatic heterocycles. The maximum atomic E-state index is 11.7. The van der Waals surface area contributed by atoms with Crippen molar-refractivity contribution in [2.75, 3.05) is 5.32 Å². The van der Waals surface area contributed by atoms with Crippen LogP contribution in [0.4, 0.5) is 10.5 Å². The lowest BCUT2D eigenvalue weighted by Crippen LogP contribution is -2.34. The quantitative estimate of drug-likeness (QED) is 0.857. The van der Waals surface area contributed by atoms with E-state index >= 15 is 0 Å². The monoisotopic (exact) mass is 245 g/mol. The fourth-order valence-corrected chi connectivity index (χ4v) is 2.03. The summed E-state index contributed by atoms with van der Waals surface area (Å²) in [5.74, 6) is 0. The summed E-state index contributed by atoms with van der Waals surface area (Å²) in [6.45, 7) is 6.85. The zero-order valence-electron chi connectivity index (χ0n) is 11.0. The highest BCUT2D eigenvalue weighted by molar-refractivity contribution is 6.01. The van der Waals surface area contributed by atoms with E-state index in [1.807, 2.05) is 38.2 Å². The van der Waals surface area contributed by atoms with Gasteiger partial charge in [-0.15, -0.1) is 0 Å². The van der Waals surface area contributed by atoms with Crippen molar-refractivity contribution in [1.29, 1.82) is 0 Å². The Morgan fingerprint density at radius 3 is 2.72 bits per heavy atom. The highest BCUT2D eigenvalue weighted by Gasteiger charge is 2.10. The van der Waals surface area contributed by atoms with E-state index in [0.717, 1.165) is 23.1 Å². The van der Waals surface area contributed by atoms with Gasteiger partial charge in [0, 0.05) is 24.2 Å². The molecular formula is C14H19N3O. The molecule has 2 amide bonds. The van der Waals surface area contributed by atoms with Gasteiger partial charge in [0.05, 0.1) is 11.2 Å². The molecule has 2 N–H and O–H groups in total. The van der Waals surface area contributed by atoms with Crippen molar-refractivity contribution in [3.8, 4) is 0 Å². The third-order valence-electron chi connectivity index (χ3n) is 2.80. The van der Waals surface area contributed by atoms with Gasteiger partial charge in [0.2, 0.25) is 0 Å². The van der Waals surface area contributed by atoms with Gasteiger partial charge < -0.3 is 15.2 Å². The lowest BCUT2D eigenvalue weighted by molar-refractivity contribution is 0.250. The fourth-order valence-electron chi connectivity index (χ4n) is 2.03. The molecule has 0 saturated carbocycles. The smallest absolute Gasteiger partial charge is 0.319 e. The number of nitrogens with zero attached hydrogens (tertiary/aromatic N) is 1. The van der Waals surface area contributed by atoms with Crippen molar-refractivity contribution in [2.24, 2.45) is 0 Å². The molecule has 2 aromatic rings. The molecular weight excluding hydrogens is 226 g/mol. The van der Waals surface area contributed by atoms with E-state index in [1.54, 1.807) is 0 Å². The molecule has 0 radical (unpaired) electrons. The van der Waals surface area contributed by atoms with Crippen LogP contribution < -0.4 is 10.6 Å². The second-order valence-electron chi connectivity index (χ2n) is 4.60. The Kier molecular flexibility index (Phi) is 3.55. The van der Waals surface area contributed by atoms with Crippen LogP contribution >= 0.6 is 0 Å². The standard InChI is InChI=1S/C14H19N3O/c1-4-17-9-12(16-14(18)15-10(2)3)11-7-5-6-8-13(11)17/h5-10H,4H2,1-3H3,(H2,15,16,18). The summed E-state index contributed by atoms with van der Waals surface area (Å²) >= 11 is 0. The van der Waals surface area contributed by atoms with Crippen LogP contribution in [0.1, 0.15) is 20.8 Å². The van der Waals surface area contributed by atoms with Crippen molar-refractivity contribution in [3.05, 3.63) is 30.5 Å². The van der Waals surface area contributed by atoms with Gasteiger partial charge in [0.15, 0.2) is 0 Å². The summed E-state index contributed by atoms with van der Waals surface area (Å²) in [4.78, 5) is 11.7. The summed E-state index contributed by atoms with van der Waals surface area (Å²) in [6.07, 6.45) is 1.98. The SMILES string of the molecule is CCn1cc(NC(=O)NC(C)C)c2ccccc21. The number of carbonyl (C=O) groups excluding carboxylic acids is 1. The molecule has 0 aliphatic carbocycles. The summed E-state index contributed by atoms with van der Waals surface area (Å²) < 4.78 is 2.13. The van der Waals surface area contributed by atoms with Crippen molar-refractivity contribution < 1.29 is 4.79 Å². The summed E-state index contributed by atoms with van der Waals surface area (Å²) in [5.41, 5.74) is 1.99. The van der Waals surface area contributed by atoms with Gasteiger partial charge in [-0.05, 0) is 26.8 Å². The first-order chi connectivity index (χ1) is 8.61. The number of urea groups is 1. The molecule has 0 spiro atoms. The van der Waals surface area contributed by atoms with E-state index in [0.29, 0.717) is 0 Å². The van der Waals surface area contributed by atoms with Gasteiger partial charge in [-0.25, -0.2) is 4.79 Å². The number of anilines is 1. The van der Waals surface area contributed by atoms with Crippen molar-refractivity contribution in [2.45, 2.75) is 33.4 Å². The molecule has 4 nitrogen and oxygen atoms in total. The van der Waals surface area contributed by atoms with Gasteiger partial charge in [-0.3, -0.25) is 0 Å². The number of para-hydroxylation sites is 1. The maximum Gasteiger partial charge on any atom is 0.319 e. The Hall–Kier alpha value is -1.97. The van der Waals surface area contributed by atoms with E-state index in [-0.39, 0.29) is 12.1 Å². The Morgan fingerprint density at radius 1 is 1.33 bits per heavy atom. The zero-order valence-corrected chi connectivity index (χ0v) is 11.0. The number of amides is 2. The third-order valence-corrected chi connectivity index (χ3v) is 2.80. The molecule has 0 bridgehead atoms. The van der Waals surface area contributed by atoms with E-state index in [1.165, 1.54) is 0 Å². The molecule has 18 heavy (non-hydrogen) atoms. The highest BCUT2D eigenvalue weighted by atomic mass is 16.2. The van der Waals surface area contributed by atoms with Crippen LogP contribution in [0.15, 0.2) is 30.5 Å². The van der Waals surface area contributed by atoms with E-state index in [9.17, 15) is 4.79 Å². The second kappa shape index (κ2) is 5.12. The minimum Gasteiger partial charge on any atom is -0.346 e. The largest absolute Gasteiger partial charge is 0.346 e. The fraction of sp³-hybridized carbons (Fsp3) is 0.357. The van der Waals surface area contributed by atoms with Crippen LogP contribution in [0, 0.1) is 0 Å². The zero-order chi connectivity index (χ0) is 13.1. The minimum absolute atomic E-state index is 0.129. The molecule has 1 heterocycles. The maximum absolute atomic E-state index is 11.7. The van der Waals surface area contributed by atoms with Gasteiger partial charge in [-0.1, -0.05) is 18.2 Å². The first-order valence-electron chi connectivity index (χ1n) is 6.27. The summed E-state index contributed by atoms with van der Waals surface area (Å²) in [6, 6.07) is 8.03. The Morgan fingerprint density at radius 2 is 2.06 bits per heavy atom. The Balaban J connectivity index is 2.31. The summed E-state index contributed by atoms with van der Waals surface area (Å²) in [7, 11) is 0. The number of carbonyl (C=O) groups is 1. The van der Waals surface area contributed by atoms with Gasteiger partial charge in [0.25, 0.3) is 0 Å². The van der Waals surface area contributed by atoms with Crippen LogP contribution in [0.5, 0.6) is 0 Å². The molecule has 0 unspecified atom stereocenters. The molecule has 0 atom stereocenters. The van der Waals surface area contributed by atoms with Crippen molar-refractivity contribution >= 4 is 22.6 Å². The number of fused-ring (bicyclic) bond motifs is 1. The molecule has 1 aromatic heterocycles. The molecule has 4 heteroatoms. The van der Waals surface area contributed by atoms with Gasteiger partial charge in [0.1, 0.15) is 0 Å². The topological polar surface area (TPSA) is 46.1 Å². The molecule has 0 aliphatic rings. The molecule has 2 rings (SSSR count). The molecule has 0 fully saturated rings. The minimum atomic E-state index is -0.163. The number of aromatic nitrogens is 1. The lowest BCUT2D eigenvalue weighted by atomic mass is 10.2. The molecule has 0 saturated heterocycles. The number of aryl methyl sites for hydroxylation is 1. The number of hydrogen-bond acceptors (Lipinski definition) is 1. The first-order valence-corrected chi connectivity index (χ1v) is 6.27. The van der Waals surface area contributed by atoms with Crippen LogP contribution in [0.2, 0.25) is 0 Å². The van der Waals surface area contributed by atoms with Crippen molar-refractivity contribution in [3.63, 3.8) is 0 Å². The predicted molar refractivity (Wildman–Crippen MR) is 74.9 cm³/mol. The Labute approximate surface area is 107 Å². The van der Waals surface area contributed by atoms with E-state index < -0.39 is 0 Å². The van der Waals surface area contributed by atoms with E-state index in [2.05, 4.69) is 28.2 Å². The predicted octanol–water partition coefficient (Wildman–Crippen LogP) is 3.19. The molecule has 1 aromatic carbocycles. The van der Waals surface area contributed by atoms with Gasteiger partial charge >= 0.3 is 6.03 Å². The highest BCUT2D eigenvalue weighted by Crippen LogP contribution is 2.25. The van der Waals surface area contributed by atoms with Crippen LogP contribution in [0.25, 0.3) is 10.9 Å². The summed E-state index contributed by atoms with van der Waals surface area (Å²) in [5, 5.41) is 6.79. The van der Waals surface area contributed by atoms with Crippen LogP contribution in [0.3, 0.4) is 0 Å². The number of nitrogens with one attached hydrogen (secondary N) is 2. The van der Waals surface area contributed by atoms with Gasteiger partial charge in [-0.2, -0.15) is 0 Å². The molecule has 96 valence electrons. The first kappa shape index (κ1) is 12.5.